The molecule has 0 fully saturated rings. The van der Waals surface area contributed by atoms with Crippen molar-refractivity contribution in [1.82, 2.24) is 14.5 Å². The van der Waals surface area contributed by atoms with E-state index in [2.05, 4.69) is 15.0 Å². The lowest BCUT2D eigenvalue weighted by Gasteiger charge is -2.06. The van der Waals surface area contributed by atoms with Crippen LogP contribution >= 0.6 is 0 Å². The highest BCUT2D eigenvalue weighted by Crippen LogP contribution is 2.22. The van der Waals surface area contributed by atoms with E-state index in [1.54, 1.807) is 6.33 Å². The number of benzene rings is 1. The van der Waals surface area contributed by atoms with Crippen LogP contribution in [0.15, 0.2) is 33.9 Å². The van der Waals surface area contributed by atoms with Crippen molar-refractivity contribution < 1.29 is 4.42 Å². The fourth-order valence-electron chi connectivity index (χ4n) is 2.35. The van der Waals surface area contributed by atoms with Gasteiger partial charge in [0.1, 0.15) is 17.5 Å². The van der Waals surface area contributed by atoms with Gasteiger partial charge in [0.15, 0.2) is 5.58 Å². The Morgan fingerprint density at radius 2 is 2.26 bits per heavy atom. The Balaban J connectivity index is 1.90. The van der Waals surface area contributed by atoms with Gasteiger partial charge < -0.3 is 4.42 Å². The molecule has 0 saturated heterocycles. The molecule has 94 valence electrons. The molecule has 1 aromatic carbocycles. The second kappa shape index (κ2) is 3.78. The summed E-state index contributed by atoms with van der Waals surface area (Å²) in [5, 5.41) is 0. The topological polar surface area (TPSA) is 56.2 Å². The van der Waals surface area contributed by atoms with E-state index >= 15 is 0 Å². The van der Waals surface area contributed by atoms with E-state index in [0.717, 1.165) is 41.0 Å². The van der Waals surface area contributed by atoms with E-state index in [1.807, 2.05) is 35.9 Å². The molecule has 2 aromatic heterocycles. The van der Waals surface area contributed by atoms with Crippen molar-refractivity contribution in [2.24, 2.45) is 4.99 Å². The molecule has 0 spiro atoms. The van der Waals surface area contributed by atoms with Gasteiger partial charge in [0, 0.05) is 19.2 Å². The molecule has 5 heteroatoms. The smallest absolute Gasteiger partial charge is 0.308 e. The van der Waals surface area contributed by atoms with Gasteiger partial charge in [-0.25, -0.2) is 4.98 Å². The SMILES string of the molecule is Cc1ccc2nc(-n3cnc4c3CCN=C4)oc2c1. The summed E-state index contributed by atoms with van der Waals surface area (Å²) in [6.45, 7) is 2.83. The van der Waals surface area contributed by atoms with E-state index in [0.29, 0.717) is 6.01 Å². The van der Waals surface area contributed by atoms with Crippen molar-refractivity contribution in [2.45, 2.75) is 13.3 Å². The van der Waals surface area contributed by atoms with Crippen LogP contribution < -0.4 is 0 Å². The predicted octanol–water partition coefficient (Wildman–Crippen LogP) is 2.30. The number of hydrogen-bond donors (Lipinski definition) is 0. The fraction of sp³-hybridized carbons (Fsp3) is 0.214. The van der Waals surface area contributed by atoms with E-state index in [9.17, 15) is 0 Å². The zero-order chi connectivity index (χ0) is 12.8. The lowest BCUT2D eigenvalue weighted by atomic mass is 10.2. The summed E-state index contributed by atoms with van der Waals surface area (Å²) in [4.78, 5) is 13.1. The van der Waals surface area contributed by atoms with E-state index < -0.39 is 0 Å². The normalized spacial score (nSPS) is 13.9. The van der Waals surface area contributed by atoms with Crippen LogP contribution in [0.1, 0.15) is 17.0 Å². The van der Waals surface area contributed by atoms with E-state index in [4.69, 9.17) is 4.42 Å². The van der Waals surface area contributed by atoms with Crippen LogP contribution in [0.2, 0.25) is 0 Å². The molecule has 0 N–H and O–H groups in total. The van der Waals surface area contributed by atoms with Gasteiger partial charge in [-0.05, 0) is 24.6 Å². The molecule has 5 nitrogen and oxygen atoms in total. The maximum Gasteiger partial charge on any atom is 0.308 e. The molecule has 0 atom stereocenters. The predicted molar refractivity (Wildman–Crippen MR) is 72.0 cm³/mol. The highest BCUT2D eigenvalue weighted by atomic mass is 16.4. The van der Waals surface area contributed by atoms with Crippen LogP contribution in [0, 0.1) is 6.92 Å². The molecule has 4 rings (SSSR count). The van der Waals surface area contributed by atoms with Gasteiger partial charge >= 0.3 is 6.01 Å². The first-order chi connectivity index (χ1) is 9.31. The van der Waals surface area contributed by atoms with Crippen LogP contribution in [0.3, 0.4) is 0 Å². The summed E-state index contributed by atoms with van der Waals surface area (Å²) in [6, 6.07) is 6.58. The third kappa shape index (κ3) is 1.58. The molecular formula is C14H12N4O. The van der Waals surface area contributed by atoms with Crippen LogP contribution in [0.25, 0.3) is 17.1 Å². The average molecular weight is 252 g/mol. The molecule has 0 unspecified atom stereocenters. The van der Waals surface area contributed by atoms with Crippen molar-refractivity contribution in [3.8, 4) is 6.01 Å². The van der Waals surface area contributed by atoms with E-state index in [1.165, 1.54) is 0 Å². The minimum atomic E-state index is 0.574. The highest BCUT2D eigenvalue weighted by molar-refractivity contribution is 5.80. The Bertz CT molecular complexity index is 797. The quantitative estimate of drug-likeness (QED) is 0.667. The number of hydrogen-bond acceptors (Lipinski definition) is 4. The fourth-order valence-corrected chi connectivity index (χ4v) is 2.35. The van der Waals surface area contributed by atoms with Crippen LogP contribution in [-0.4, -0.2) is 27.3 Å². The molecular weight excluding hydrogens is 240 g/mol. The maximum absolute atomic E-state index is 5.83. The monoisotopic (exact) mass is 252 g/mol. The number of aryl methyl sites for hydroxylation is 1. The number of aromatic nitrogens is 3. The summed E-state index contributed by atoms with van der Waals surface area (Å²) in [5.74, 6) is 0. The first-order valence-electron chi connectivity index (χ1n) is 6.25. The molecule has 0 bridgehead atoms. The van der Waals surface area contributed by atoms with Gasteiger partial charge in [0.05, 0.1) is 5.69 Å². The molecule has 0 radical (unpaired) electrons. The van der Waals surface area contributed by atoms with Crippen molar-refractivity contribution in [3.05, 3.63) is 41.5 Å². The minimum Gasteiger partial charge on any atom is -0.423 e. The molecule has 1 aliphatic heterocycles. The van der Waals surface area contributed by atoms with E-state index in [-0.39, 0.29) is 0 Å². The Morgan fingerprint density at radius 1 is 1.32 bits per heavy atom. The second-order valence-electron chi connectivity index (χ2n) is 4.70. The summed E-state index contributed by atoms with van der Waals surface area (Å²) in [7, 11) is 0. The van der Waals surface area contributed by atoms with Crippen molar-refractivity contribution in [1.29, 1.82) is 0 Å². The molecule has 3 aromatic rings. The van der Waals surface area contributed by atoms with Crippen molar-refractivity contribution in [3.63, 3.8) is 0 Å². The number of aliphatic imine (C=N–C) groups is 1. The Kier molecular flexibility index (Phi) is 2.09. The molecule has 0 aliphatic carbocycles. The van der Waals surface area contributed by atoms with Gasteiger partial charge in [-0.1, -0.05) is 6.07 Å². The van der Waals surface area contributed by atoms with Crippen molar-refractivity contribution in [2.75, 3.05) is 6.54 Å². The number of imidazole rings is 1. The molecule has 0 amide bonds. The third-order valence-electron chi connectivity index (χ3n) is 3.33. The minimum absolute atomic E-state index is 0.574. The Hall–Kier alpha value is -2.43. The Morgan fingerprint density at radius 3 is 3.21 bits per heavy atom. The summed E-state index contributed by atoms with van der Waals surface area (Å²) in [5.41, 5.74) is 4.85. The maximum atomic E-state index is 5.83. The summed E-state index contributed by atoms with van der Waals surface area (Å²) < 4.78 is 7.74. The second-order valence-corrected chi connectivity index (χ2v) is 4.70. The summed E-state index contributed by atoms with van der Waals surface area (Å²) >= 11 is 0. The molecule has 1 aliphatic rings. The largest absolute Gasteiger partial charge is 0.423 e. The van der Waals surface area contributed by atoms with Crippen molar-refractivity contribution >= 4 is 17.3 Å². The number of rotatable bonds is 1. The lowest BCUT2D eigenvalue weighted by Crippen LogP contribution is -2.07. The first-order valence-corrected chi connectivity index (χ1v) is 6.25. The molecule has 0 saturated carbocycles. The van der Waals surface area contributed by atoms with Gasteiger partial charge in [-0.2, -0.15) is 4.98 Å². The number of nitrogens with zero attached hydrogens (tertiary/aromatic N) is 4. The zero-order valence-corrected chi connectivity index (χ0v) is 10.5. The summed E-state index contributed by atoms with van der Waals surface area (Å²) in [6.07, 6.45) is 4.42. The van der Waals surface area contributed by atoms with Gasteiger partial charge in [0.25, 0.3) is 0 Å². The highest BCUT2D eigenvalue weighted by Gasteiger charge is 2.17. The van der Waals surface area contributed by atoms with Gasteiger partial charge in [-0.15, -0.1) is 0 Å². The van der Waals surface area contributed by atoms with Crippen LogP contribution in [0.4, 0.5) is 0 Å². The third-order valence-corrected chi connectivity index (χ3v) is 3.33. The Labute approximate surface area is 109 Å². The zero-order valence-electron chi connectivity index (χ0n) is 10.5. The number of oxazole rings is 1. The van der Waals surface area contributed by atoms with Gasteiger partial charge in [-0.3, -0.25) is 9.56 Å². The van der Waals surface area contributed by atoms with Crippen LogP contribution in [-0.2, 0) is 6.42 Å². The first kappa shape index (κ1) is 10.5. The molecule has 19 heavy (non-hydrogen) atoms. The average Bonchev–Trinajstić information content (AvgIpc) is 3.00. The van der Waals surface area contributed by atoms with Gasteiger partial charge in [0.2, 0.25) is 0 Å². The molecule has 3 heterocycles. The standard InChI is InChI=1S/C14H12N4O/c1-9-2-3-10-13(6-9)19-14(17-10)18-8-16-11-7-15-5-4-12(11)18/h2-3,6-8H,4-5H2,1H3. The number of fused-ring (bicyclic) bond motifs is 2. The van der Waals surface area contributed by atoms with Crippen LogP contribution in [0.5, 0.6) is 0 Å². The lowest BCUT2D eigenvalue weighted by molar-refractivity contribution is 0.556.